The molecule has 0 spiro atoms. The minimum atomic E-state index is 0.592. The first-order chi connectivity index (χ1) is 10.3. The standard InChI is InChI=1S/C19H32N2/c1-3-5-14-21-15-10-9-13-19(21)18(20-4-2)16-17-11-7-6-8-12-17/h6-8,11-12,18-20H,3-5,9-10,13-16H2,1-2H3. The first kappa shape index (κ1) is 16.5. The molecule has 1 aliphatic heterocycles. The van der Waals surface area contributed by atoms with Gasteiger partial charge in [-0.2, -0.15) is 0 Å². The van der Waals surface area contributed by atoms with Crippen LogP contribution >= 0.6 is 0 Å². The average Bonchev–Trinajstić information content (AvgIpc) is 2.54. The highest BCUT2D eigenvalue weighted by atomic mass is 15.2. The molecule has 0 aliphatic carbocycles. The molecule has 1 aliphatic rings. The molecule has 0 amide bonds. The molecule has 1 N–H and O–H groups in total. The summed E-state index contributed by atoms with van der Waals surface area (Å²) in [6, 6.07) is 12.3. The maximum Gasteiger partial charge on any atom is 0.0263 e. The molecule has 1 saturated heterocycles. The summed E-state index contributed by atoms with van der Waals surface area (Å²) >= 11 is 0. The number of rotatable bonds is 8. The summed E-state index contributed by atoms with van der Waals surface area (Å²) in [6.07, 6.45) is 7.92. The van der Waals surface area contributed by atoms with Gasteiger partial charge in [-0.3, -0.25) is 4.90 Å². The molecular formula is C19H32N2. The van der Waals surface area contributed by atoms with Crippen LogP contribution in [-0.2, 0) is 6.42 Å². The maximum atomic E-state index is 3.77. The third-order valence-electron chi connectivity index (χ3n) is 4.69. The van der Waals surface area contributed by atoms with E-state index in [2.05, 4.69) is 54.4 Å². The van der Waals surface area contributed by atoms with Gasteiger partial charge in [-0.25, -0.2) is 0 Å². The number of benzene rings is 1. The van der Waals surface area contributed by atoms with Crippen molar-refractivity contribution in [2.45, 2.75) is 64.5 Å². The first-order valence-electron chi connectivity index (χ1n) is 8.86. The van der Waals surface area contributed by atoms with Crippen molar-refractivity contribution in [3.05, 3.63) is 35.9 Å². The quantitative estimate of drug-likeness (QED) is 0.781. The fourth-order valence-corrected chi connectivity index (χ4v) is 3.59. The molecule has 118 valence electrons. The van der Waals surface area contributed by atoms with Crippen molar-refractivity contribution in [1.82, 2.24) is 10.2 Å². The number of nitrogens with zero attached hydrogens (tertiary/aromatic N) is 1. The van der Waals surface area contributed by atoms with Crippen molar-refractivity contribution in [2.75, 3.05) is 19.6 Å². The number of hydrogen-bond donors (Lipinski definition) is 1. The van der Waals surface area contributed by atoms with E-state index in [1.165, 1.54) is 50.8 Å². The van der Waals surface area contributed by atoms with E-state index in [1.54, 1.807) is 0 Å². The Kier molecular flexibility index (Phi) is 7.25. The minimum Gasteiger partial charge on any atom is -0.312 e. The molecule has 2 unspecified atom stereocenters. The lowest BCUT2D eigenvalue weighted by Crippen LogP contribution is -2.53. The Balaban J connectivity index is 2.03. The van der Waals surface area contributed by atoms with Crippen molar-refractivity contribution in [3.8, 4) is 0 Å². The zero-order valence-corrected chi connectivity index (χ0v) is 13.9. The van der Waals surface area contributed by atoms with Gasteiger partial charge in [-0.1, -0.05) is 57.0 Å². The van der Waals surface area contributed by atoms with Crippen molar-refractivity contribution >= 4 is 0 Å². The van der Waals surface area contributed by atoms with Gasteiger partial charge in [0.2, 0.25) is 0 Å². The Morgan fingerprint density at radius 1 is 1.19 bits per heavy atom. The van der Waals surface area contributed by atoms with Crippen molar-refractivity contribution in [3.63, 3.8) is 0 Å². The molecule has 1 heterocycles. The van der Waals surface area contributed by atoms with E-state index in [0.29, 0.717) is 12.1 Å². The zero-order valence-electron chi connectivity index (χ0n) is 13.9. The maximum absolute atomic E-state index is 3.77. The third-order valence-corrected chi connectivity index (χ3v) is 4.69. The Hall–Kier alpha value is -0.860. The van der Waals surface area contributed by atoms with Gasteiger partial charge in [0.15, 0.2) is 0 Å². The van der Waals surface area contributed by atoms with Gasteiger partial charge in [-0.05, 0) is 50.9 Å². The van der Waals surface area contributed by atoms with Crippen LogP contribution < -0.4 is 5.32 Å². The van der Waals surface area contributed by atoms with E-state index >= 15 is 0 Å². The van der Waals surface area contributed by atoms with E-state index in [9.17, 15) is 0 Å². The van der Waals surface area contributed by atoms with Crippen LogP contribution in [-0.4, -0.2) is 36.6 Å². The van der Waals surface area contributed by atoms with Crippen LogP contribution in [0, 0.1) is 0 Å². The van der Waals surface area contributed by atoms with Crippen LogP contribution in [0.25, 0.3) is 0 Å². The predicted octanol–water partition coefficient (Wildman–Crippen LogP) is 3.86. The summed E-state index contributed by atoms with van der Waals surface area (Å²) in [4.78, 5) is 2.75. The molecule has 2 rings (SSSR count). The van der Waals surface area contributed by atoms with Crippen LogP contribution in [0.4, 0.5) is 0 Å². The molecule has 0 radical (unpaired) electrons. The molecule has 1 aromatic carbocycles. The van der Waals surface area contributed by atoms with Gasteiger partial charge < -0.3 is 5.32 Å². The van der Waals surface area contributed by atoms with E-state index in [4.69, 9.17) is 0 Å². The summed E-state index contributed by atoms with van der Waals surface area (Å²) in [5.74, 6) is 0. The van der Waals surface area contributed by atoms with Gasteiger partial charge in [0.1, 0.15) is 0 Å². The second-order valence-corrected chi connectivity index (χ2v) is 6.31. The lowest BCUT2D eigenvalue weighted by atomic mass is 9.91. The van der Waals surface area contributed by atoms with Crippen molar-refractivity contribution in [2.24, 2.45) is 0 Å². The molecule has 2 atom stereocenters. The first-order valence-corrected chi connectivity index (χ1v) is 8.86. The summed E-state index contributed by atoms with van der Waals surface area (Å²) < 4.78 is 0. The Bertz CT molecular complexity index is 376. The highest BCUT2D eigenvalue weighted by molar-refractivity contribution is 5.16. The number of nitrogens with one attached hydrogen (secondary N) is 1. The Labute approximate surface area is 130 Å². The van der Waals surface area contributed by atoms with Crippen LogP contribution in [0.5, 0.6) is 0 Å². The van der Waals surface area contributed by atoms with Crippen molar-refractivity contribution in [1.29, 1.82) is 0 Å². The number of likely N-dealkylation sites (tertiary alicyclic amines) is 1. The third kappa shape index (κ3) is 5.12. The smallest absolute Gasteiger partial charge is 0.0263 e. The SMILES string of the molecule is CCCCN1CCCCC1C(Cc1ccccc1)NCC. The summed E-state index contributed by atoms with van der Waals surface area (Å²) in [5, 5.41) is 3.77. The van der Waals surface area contributed by atoms with Crippen LogP contribution in [0.2, 0.25) is 0 Å². The van der Waals surface area contributed by atoms with E-state index in [0.717, 1.165) is 13.0 Å². The molecule has 2 heteroatoms. The second kappa shape index (κ2) is 9.22. The summed E-state index contributed by atoms with van der Waals surface area (Å²) in [7, 11) is 0. The molecule has 0 saturated carbocycles. The second-order valence-electron chi connectivity index (χ2n) is 6.31. The van der Waals surface area contributed by atoms with Gasteiger partial charge >= 0.3 is 0 Å². The molecule has 21 heavy (non-hydrogen) atoms. The molecule has 0 bridgehead atoms. The zero-order chi connectivity index (χ0) is 14.9. The predicted molar refractivity (Wildman–Crippen MR) is 91.7 cm³/mol. The van der Waals surface area contributed by atoms with E-state index in [1.807, 2.05) is 0 Å². The van der Waals surface area contributed by atoms with E-state index in [-0.39, 0.29) is 0 Å². The van der Waals surface area contributed by atoms with Gasteiger partial charge in [-0.15, -0.1) is 0 Å². The van der Waals surface area contributed by atoms with E-state index < -0.39 is 0 Å². The minimum absolute atomic E-state index is 0.592. The van der Waals surface area contributed by atoms with Gasteiger partial charge in [0, 0.05) is 12.1 Å². The fourth-order valence-electron chi connectivity index (χ4n) is 3.59. The highest BCUT2D eigenvalue weighted by Gasteiger charge is 2.28. The van der Waals surface area contributed by atoms with Crippen molar-refractivity contribution < 1.29 is 0 Å². The Morgan fingerprint density at radius 2 is 2.00 bits per heavy atom. The lowest BCUT2D eigenvalue weighted by molar-refractivity contribution is 0.112. The fraction of sp³-hybridized carbons (Fsp3) is 0.684. The van der Waals surface area contributed by atoms with Crippen LogP contribution in [0.15, 0.2) is 30.3 Å². The molecule has 0 aromatic heterocycles. The van der Waals surface area contributed by atoms with Gasteiger partial charge in [0.25, 0.3) is 0 Å². The van der Waals surface area contributed by atoms with Crippen LogP contribution in [0.1, 0.15) is 51.5 Å². The monoisotopic (exact) mass is 288 g/mol. The largest absolute Gasteiger partial charge is 0.312 e. The highest BCUT2D eigenvalue weighted by Crippen LogP contribution is 2.22. The number of piperidine rings is 1. The number of likely N-dealkylation sites (N-methyl/N-ethyl adjacent to an activating group) is 1. The summed E-state index contributed by atoms with van der Waals surface area (Å²) in [6.45, 7) is 8.16. The molecule has 1 fully saturated rings. The average molecular weight is 288 g/mol. The topological polar surface area (TPSA) is 15.3 Å². The number of unbranched alkanes of at least 4 members (excludes halogenated alkanes) is 1. The summed E-state index contributed by atoms with van der Waals surface area (Å²) in [5.41, 5.74) is 1.46. The lowest BCUT2D eigenvalue weighted by Gasteiger charge is -2.41. The molecule has 2 nitrogen and oxygen atoms in total. The Morgan fingerprint density at radius 3 is 2.71 bits per heavy atom. The van der Waals surface area contributed by atoms with Crippen LogP contribution in [0.3, 0.4) is 0 Å². The molecule has 1 aromatic rings. The number of hydrogen-bond acceptors (Lipinski definition) is 2. The van der Waals surface area contributed by atoms with Gasteiger partial charge in [0.05, 0.1) is 0 Å². The molecular weight excluding hydrogens is 256 g/mol. The normalized spacial score (nSPS) is 21.3.